The van der Waals surface area contributed by atoms with Crippen LogP contribution >= 0.6 is 0 Å². The smallest absolute Gasteiger partial charge is 0.237 e. The van der Waals surface area contributed by atoms with E-state index in [9.17, 15) is 13.5 Å². The fraction of sp³-hybridized carbons (Fsp3) is 0.692. The van der Waals surface area contributed by atoms with Gasteiger partial charge in [0.2, 0.25) is 10.0 Å². The van der Waals surface area contributed by atoms with Gasteiger partial charge in [0.15, 0.2) is 0 Å². The number of allylic oxidation sites excluding steroid dienone is 3. The topological polar surface area (TPSA) is 80.4 Å². The summed E-state index contributed by atoms with van der Waals surface area (Å²) in [6.07, 6.45) is 5.26. The Bertz CT molecular complexity index is 504. The van der Waals surface area contributed by atoms with E-state index in [-0.39, 0.29) is 28.8 Å². The van der Waals surface area contributed by atoms with Crippen molar-refractivity contribution in [3.8, 4) is 0 Å². The third-order valence-electron chi connectivity index (χ3n) is 4.60. The van der Waals surface area contributed by atoms with Gasteiger partial charge in [-0.2, -0.15) is 0 Å². The van der Waals surface area contributed by atoms with Crippen LogP contribution < -0.4 is 5.14 Å². The van der Waals surface area contributed by atoms with E-state index in [1.807, 2.05) is 13.0 Å². The lowest BCUT2D eigenvalue weighted by molar-refractivity contribution is 0.250. The molecule has 102 valence electrons. The highest BCUT2D eigenvalue weighted by Crippen LogP contribution is 2.63. The number of hydrogen-bond donors (Lipinski definition) is 2. The number of aliphatic hydroxyl groups is 1. The van der Waals surface area contributed by atoms with Crippen molar-refractivity contribution in [1.29, 1.82) is 0 Å². The van der Waals surface area contributed by atoms with E-state index in [2.05, 4.69) is 13.8 Å². The number of nitrogens with two attached hydrogens (primary N) is 1. The van der Waals surface area contributed by atoms with Gasteiger partial charge < -0.3 is 5.11 Å². The molecule has 0 aromatic heterocycles. The second kappa shape index (κ2) is 4.18. The van der Waals surface area contributed by atoms with Crippen molar-refractivity contribution in [2.75, 3.05) is 6.61 Å². The highest BCUT2D eigenvalue weighted by Gasteiger charge is 2.60. The van der Waals surface area contributed by atoms with Crippen molar-refractivity contribution in [3.63, 3.8) is 0 Å². The normalized spacial score (nSPS) is 38.4. The molecule has 0 radical (unpaired) electrons. The molecule has 2 unspecified atom stereocenters. The average molecular weight is 271 g/mol. The Labute approximate surface area is 109 Å². The SMILES string of the molecule is CC1C=C(S(N)(=O)=O)C=CC1[C@@H]1[C@@H](CO)C1(C)C. The summed E-state index contributed by atoms with van der Waals surface area (Å²) in [6.45, 7) is 6.50. The lowest BCUT2D eigenvalue weighted by Gasteiger charge is -2.24. The van der Waals surface area contributed by atoms with Crippen LogP contribution in [0.2, 0.25) is 0 Å². The van der Waals surface area contributed by atoms with Gasteiger partial charge in [-0.05, 0) is 35.2 Å². The summed E-state index contributed by atoms with van der Waals surface area (Å²) in [7, 11) is -3.61. The third kappa shape index (κ3) is 2.15. The molecule has 5 heteroatoms. The van der Waals surface area contributed by atoms with Crippen LogP contribution in [0, 0.1) is 29.1 Å². The maximum Gasteiger partial charge on any atom is 0.237 e. The highest BCUT2D eigenvalue weighted by molar-refractivity contribution is 7.93. The summed E-state index contributed by atoms with van der Waals surface area (Å²) in [5.74, 6) is 1.12. The number of rotatable bonds is 3. The lowest BCUT2D eigenvalue weighted by atomic mass is 9.83. The predicted octanol–water partition coefficient (Wildman–Crippen LogP) is 1.25. The molecule has 4 nitrogen and oxygen atoms in total. The van der Waals surface area contributed by atoms with Gasteiger partial charge in [-0.3, -0.25) is 0 Å². The first-order valence-electron chi connectivity index (χ1n) is 6.23. The Morgan fingerprint density at radius 2 is 2.06 bits per heavy atom. The zero-order chi connectivity index (χ0) is 13.7. The molecule has 4 atom stereocenters. The van der Waals surface area contributed by atoms with Crippen molar-refractivity contribution in [2.24, 2.45) is 34.2 Å². The van der Waals surface area contributed by atoms with Gasteiger partial charge in [0.1, 0.15) is 0 Å². The Kier molecular flexibility index (Phi) is 3.20. The largest absolute Gasteiger partial charge is 0.396 e. The van der Waals surface area contributed by atoms with Crippen LogP contribution in [-0.4, -0.2) is 20.1 Å². The Morgan fingerprint density at radius 1 is 1.44 bits per heavy atom. The maximum absolute atomic E-state index is 11.3. The van der Waals surface area contributed by atoms with Crippen LogP contribution in [0.15, 0.2) is 23.1 Å². The van der Waals surface area contributed by atoms with Crippen LogP contribution in [0.25, 0.3) is 0 Å². The quantitative estimate of drug-likeness (QED) is 0.810. The molecule has 1 fully saturated rings. The van der Waals surface area contributed by atoms with Gasteiger partial charge in [-0.15, -0.1) is 0 Å². The number of hydrogen-bond acceptors (Lipinski definition) is 3. The van der Waals surface area contributed by atoms with E-state index in [0.29, 0.717) is 11.8 Å². The molecule has 2 aliphatic rings. The first-order valence-corrected chi connectivity index (χ1v) is 7.78. The van der Waals surface area contributed by atoms with Crippen LogP contribution in [0.3, 0.4) is 0 Å². The molecular weight excluding hydrogens is 250 g/mol. The molecule has 2 rings (SSSR count). The van der Waals surface area contributed by atoms with Crippen LogP contribution in [0.1, 0.15) is 20.8 Å². The summed E-state index contributed by atoms with van der Waals surface area (Å²) >= 11 is 0. The van der Waals surface area contributed by atoms with Crippen molar-refractivity contribution in [3.05, 3.63) is 23.1 Å². The van der Waals surface area contributed by atoms with Crippen molar-refractivity contribution >= 4 is 10.0 Å². The van der Waals surface area contributed by atoms with Crippen molar-refractivity contribution < 1.29 is 13.5 Å². The molecule has 0 aromatic carbocycles. The molecule has 0 amide bonds. The summed E-state index contributed by atoms with van der Waals surface area (Å²) in [4.78, 5) is 0.199. The van der Waals surface area contributed by atoms with Gasteiger partial charge >= 0.3 is 0 Å². The van der Waals surface area contributed by atoms with E-state index < -0.39 is 10.0 Å². The predicted molar refractivity (Wildman–Crippen MR) is 70.8 cm³/mol. The van der Waals surface area contributed by atoms with Crippen LogP contribution in [0.5, 0.6) is 0 Å². The fourth-order valence-corrected chi connectivity index (χ4v) is 4.02. The van der Waals surface area contributed by atoms with Gasteiger partial charge in [0, 0.05) is 6.61 Å². The molecule has 0 bridgehead atoms. The van der Waals surface area contributed by atoms with Crippen LogP contribution in [0.4, 0.5) is 0 Å². The fourth-order valence-electron chi connectivity index (χ4n) is 3.34. The zero-order valence-electron chi connectivity index (χ0n) is 11.0. The van der Waals surface area contributed by atoms with Gasteiger partial charge in [-0.25, -0.2) is 13.6 Å². The van der Waals surface area contributed by atoms with Crippen molar-refractivity contribution in [1.82, 2.24) is 0 Å². The first kappa shape index (κ1) is 13.8. The molecule has 3 N–H and O–H groups in total. The van der Waals surface area contributed by atoms with Crippen molar-refractivity contribution in [2.45, 2.75) is 20.8 Å². The minimum Gasteiger partial charge on any atom is -0.396 e. The minimum atomic E-state index is -3.61. The second-order valence-electron chi connectivity index (χ2n) is 6.05. The summed E-state index contributed by atoms with van der Waals surface area (Å²) < 4.78 is 22.6. The molecular formula is C13H21NO3S. The monoisotopic (exact) mass is 271 g/mol. The first-order chi connectivity index (χ1) is 8.19. The molecule has 0 aromatic rings. The van der Waals surface area contributed by atoms with E-state index in [1.165, 1.54) is 0 Å². The van der Waals surface area contributed by atoms with Gasteiger partial charge in [0.05, 0.1) is 4.91 Å². The van der Waals surface area contributed by atoms with E-state index in [0.717, 1.165) is 0 Å². The molecule has 18 heavy (non-hydrogen) atoms. The maximum atomic E-state index is 11.3. The van der Waals surface area contributed by atoms with E-state index in [1.54, 1.807) is 12.2 Å². The van der Waals surface area contributed by atoms with Crippen LogP contribution in [-0.2, 0) is 10.0 Å². The number of sulfonamides is 1. The zero-order valence-corrected chi connectivity index (χ0v) is 11.8. The molecule has 0 heterocycles. The molecule has 2 aliphatic carbocycles. The second-order valence-corrected chi connectivity index (χ2v) is 7.61. The summed E-state index contributed by atoms with van der Waals surface area (Å²) in [5, 5.41) is 14.5. The lowest BCUT2D eigenvalue weighted by Crippen LogP contribution is -2.21. The molecule has 1 saturated carbocycles. The average Bonchev–Trinajstić information content (AvgIpc) is 2.78. The van der Waals surface area contributed by atoms with E-state index >= 15 is 0 Å². The molecule has 0 saturated heterocycles. The Balaban J connectivity index is 2.19. The Hall–Kier alpha value is -0.650. The minimum absolute atomic E-state index is 0.129. The standard InChI is InChI=1S/C13H21NO3S/c1-8-6-9(18(14,16)17)4-5-10(8)12-11(7-15)13(12,2)3/h4-6,8,10-12,15H,7H2,1-3H3,(H2,14,16,17)/t8?,10?,11-,12-/m1/s1. The third-order valence-corrected chi connectivity index (χ3v) is 5.53. The van der Waals surface area contributed by atoms with Gasteiger partial charge in [0.25, 0.3) is 0 Å². The Morgan fingerprint density at radius 3 is 2.44 bits per heavy atom. The van der Waals surface area contributed by atoms with Gasteiger partial charge in [-0.1, -0.05) is 32.9 Å². The molecule has 0 aliphatic heterocycles. The number of aliphatic hydroxyl groups excluding tert-OH is 1. The molecule has 0 spiro atoms. The highest BCUT2D eigenvalue weighted by atomic mass is 32.2. The number of primary sulfonamides is 1. The summed E-state index contributed by atoms with van der Waals surface area (Å²) in [6, 6.07) is 0. The van der Waals surface area contributed by atoms with E-state index in [4.69, 9.17) is 5.14 Å². The summed E-state index contributed by atoms with van der Waals surface area (Å²) in [5.41, 5.74) is 0.130.